The topological polar surface area (TPSA) is 92.4 Å². The summed E-state index contributed by atoms with van der Waals surface area (Å²) < 4.78 is 5.27. The van der Waals surface area contributed by atoms with Crippen LogP contribution in [0.4, 0.5) is 5.82 Å². The summed E-state index contributed by atoms with van der Waals surface area (Å²) in [5, 5.41) is 13.6. The van der Waals surface area contributed by atoms with E-state index in [0.717, 1.165) is 30.6 Å². The third kappa shape index (κ3) is 2.10. The van der Waals surface area contributed by atoms with E-state index in [4.69, 9.17) is 4.52 Å². The molecule has 0 aromatic carbocycles. The van der Waals surface area contributed by atoms with Gasteiger partial charge >= 0.3 is 5.97 Å². The highest BCUT2D eigenvalue weighted by Gasteiger charge is 2.55. The second kappa shape index (κ2) is 5.04. The van der Waals surface area contributed by atoms with Gasteiger partial charge in [-0.3, -0.25) is 4.79 Å². The van der Waals surface area contributed by atoms with Crippen LogP contribution in [-0.4, -0.2) is 39.3 Å². The summed E-state index contributed by atoms with van der Waals surface area (Å²) in [6.45, 7) is 2.97. The van der Waals surface area contributed by atoms with Gasteiger partial charge in [-0.25, -0.2) is 4.98 Å². The molecule has 7 nitrogen and oxygen atoms in total. The molecule has 23 heavy (non-hydrogen) atoms. The number of fused-ring (bicyclic) bond motifs is 1. The first-order chi connectivity index (χ1) is 11.1. The molecule has 0 bridgehead atoms. The van der Waals surface area contributed by atoms with E-state index in [9.17, 15) is 9.90 Å². The fourth-order valence-electron chi connectivity index (χ4n) is 4.02. The van der Waals surface area contributed by atoms with E-state index in [0.29, 0.717) is 24.8 Å². The third-order valence-electron chi connectivity index (χ3n) is 5.14. The van der Waals surface area contributed by atoms with Crippen LogP contribution >= 0.6 is 0 Å². The number of aromatic nitrogens is 3. The second-order valence-corrected chi connectivity index (χ2v) is 6.45. The molecular formula is C16H18N4O3. The Balaban J connectivity index is 1.72. The number of aliphatic carboxylic acids is 1. The molecule has 4 rings (SSSR count). The Kier molecular flexibility index (Phi) is 3.11. The average molecular weight is 314 g/mol. The van der Waals surface area contributed by atoms with Gasteiger partial charge in [0.2, 0.25) is 0 Å². The summed E-state index contributed by atoms with van der Waals surface area (Å²) in [6, 6.07) is 3.71. The molecule has 2 fully saturated rings. The fourth-order valence-corrected chi connectivity index (χ4v) is 4.02. The Morgan fingerprint density at radius 3 is 3.09 bits per heavy atom. The van der Waals surface area contributed by atoms with E-state index in [1.54, 1.807) is 13.1 Å². The zero-order chi connectivity index (χ0) is 16.0. The maximum Gasteiger partial charge on any atom is 0.311 e. The maximum atomic E-state index is 11.9. The van der Waals surface area contributed by atoms with Crippen molar-refractivity contribution in [2.45, 2.75) is 26.2 Å². The quantitative estimate of drug-likeness (QED) is 0.927. The molecule has 0 amide bonds. The van der Waals surface area contributed by atoms with Gasteiger partial charge in [0.25, 0.3) is 5.89 Å². The van der Waals surface area contributed by atoms with Crippen LogP contribution in [0.3, 0.4) is 0 Å². The van der Waals surface area contributed by atoms with E-state index < -0.39 is 11.4 Å². The van der Waals surface area contributed by atoms with E-state index in [-0.39, 0.29) is 5.92 Å². The van der Waals surface area contributed by atoms with Crippen LogP contribution in [0.5, 0.6) is 0 Å². The summed E-state index contributed by atoms with van der Waals surface area (Å²) in [5.74, 6) is 1.21. The lowest BCUT2D eigenvalue weighted by Crippen LogP contribution is -2.35. The molecule has 120 valence electrons. The van der Waals surface area contributed by atoms with Gasteiger partial charge in [0.1, 0.15) is 5.82 Å². The Bertz CT molecular complexity index is 759. The summed E-state index contributed by atoms with van der Waals surface area (Å²) in [7, 11) is 0. The van der Waals surface area contributed by atoms with E-state index in [1.807, 2.05) is 12.1 Å². The highest BCUT2D eigenvalue weighted by molar-refractivity contribution is 5.79. The number of pyridine rings is 1. The number of carboxylic acid groups (broad SMARTS) is 1. The van der Waals surface area contributed by atoms with Gasteiger partial charge in [-0.05, 0) is 37.8 Å². The van der Waals surface area contributed by atoms with Crippen molar-refractivity contribution in [3.63, 3.8) is 0 Å². The molecule has 1 aliphatic carbocycles. The van der Waals surface area contributed by atoms with Crippen molar-refractivity contribution in [2.24, 2.45) is 11.3 Å². The molecule has 0 spiro atoms. The Morgan fingerprint density at radius 2 is 2.39 bits per heavy atom. The van der Waals surface area contributed by atoms with Crippen molar-refractivity contribution in [3.8, 4) is 11.5 Å². The van der Waals surface area contributed by atoms with Crippen LogP contribution in [0.15, 0.2) is 22.9 Å². The van der Waals surface area contributed by atoms with Gasteiger partial charge in [0, 0.05) is 19.3 Å². The minimum Gasteiger partial charge on any atom is -0.481 e. The molecule has 2 aliphatic rings. The number of hydrogen-bond donors (Lipinski definition) is 1. The van der Waals surface area contributed by atoms with Crippen molar-refractivity contribution in [3.05, 3.63) is 24.2 Å². The van der Waals surface area contributed by atoms with Crippen LogP contribution in [0.1, 0.15) is 25.1 Å². The lowest BCUT2D eigenvalue weighted by atomic mass is 9.81. The zero-order valence-electron chi connectivity index (χ0n) is 12.9. The lowest BCUT2D eigenvalue weighted by molar-refractivity contribution is -0.149. The van der Waals surface area contributed by atoms with Gasteiger partial charge in [-0.2, -0.15) is 4.98 Å². The minimum atomic E-state index is -0.686. The van der Waals surface area contributed by atoms with Crippen LogP contribution in [-0.2, 0) is 4.79 Å². The van der Waals surface area contributed by atoms with Gasteiger partial charge in [-0.1, -0.05) is 11.6 Å². The minimum absolute atomic E-state index is 0.180. The monoisotopic (exact) mass is 314 g/mol. The standard InChI is InChI=1S/C16H18N4O3/c1-10-18-14(23-19-10)12-5-3-7-17-13(12)20-8-11-4-2-6-16(11,9-20)15(21)22/h3,5,7,11H,2,4,6,8-9H2,1H3,(H,21,22)/t11-,16+/m0/s1. The lowest BCUT2D eigenvalue weighted by Gasteiger charge is -2.24. The van der Waals surface area contributed by atoms with Gasteiger partial charge in [0.05, 0.1) is 11.0 Å². The Hall–Kier alpha value is -2.44. The van der Waals surface area contributed by atoms with Crippen LogP contribution in [0, 0.1) is 18.3 Å². The molecule has 3 heterocycles. The smallest absolute Gasteiger partial charge is 0.311 e. The first-order valence-electron chi connectivity index (χ1n) is 7.84. The largest absolute Gasteiger partial charge is 0.481 e. The Labute approximate surface area is 133 Å². The Morgan fingerprint density at radius 1 is 1.52 bits per heavy atom. The molecule has 1 saturated heterocycles. The molecule has 1 saturated carbocycles. The molecule has 1 N–H and O–H groups in total. The molecule has 7 heteroatoms. The average Bonchev–Trinajstić information content (AvgIpc) is 3.20. The zero-order valence-corrected chi connectivity index (χ0v) is 12.9. The van der Waals surface area contributed by atoms with Crippen LogP contribution < -0.4 is 4.90 Å². The number of aryl methyl sites for hydroxylation is 1. The van der Waals surface area contributed by atoms with E-state index in [1.165, 1.54) is 0 Å². The van der Waals surface area contributed by atoms with E-state index in [2.05, 4.69) is 20.0 Å². The van der Waals surface area contributed by atoms with E-state index >= 15 is 0 Å². The number of nitrogens with zero attached hydrogens (tertiary/aromatic N) is 4. The molecule has 2 aromatic heterocycles. The van der Waals surface area contributed by atoms with Crippen LogP contribution in [0.2, 0.25) is 0 Å². The maximum absolute atomic E-state index is 11.9. The molecule has 0 unspecified atom stereocenters. The number of anilines is 1. The second-order valence-electron chi connectivity index (χ2n) is 6.45. The number of rotatable bonds is 3. The van der Waals surface area contributed by atoms with Gasteiger partial charge in [-0.15, -0.1) is 0 Å². The predicted molar refractivity (Wildman–Crippen MR) is 81.9 cm³/mol. The van der Waals surface area contributed by atoms with Gasteiger partial charge < -0.3 is 14.5 Å². The molecule has 1 aliphatic heterocycles. The number of carboxylic acids is 1. The first kappa shape index (κ1) is 14.2. The van der Waals surface area contributed by atoms with Crippen molar-refractivity contribution in [2.75, 3.05) is 18.0 Å². The first-order valence-corrected chi connectivity index (χ1v) is 7.84. The molecular weight excluding hydrogens is 296 g/mol. The summed E-state index contributed by atoms with van der Waals surface area (Å²) >= 11 is 0. The van der Waals surface area contributed by atoms with Crippen molar-refractivity contribution < 1.29 is 14.4 Å². The highest BCUT2D eigenvalue weighted by atomic mass is 16.5. The van der Waals surface area contributed by atoms with Crippen molar-refractivity contribution in [1.82, 2.24) is 15.1 Å². The van der Waals surface area contributed by atoms with Gasteiger partial charge in [0.15, 0.2) is 5.82 Å². The number of carbonyl (C=O) groups is 1. The van der Waals surface area contributed by atoms with Crippen LogP contribution in [0.25, 0.3) is 11.5 Å². The van der Waals surface area contributed by atoms with Crippen molar-refractivity contribution >= 4 is 11.8 Å². The van der Waals surface area contributed by atoms with Crippen molar-refractivity contribution in [1.29, 1.82) is 0 Å². The highest BCUT2D eigenvalue weighted by Crippen LogP contribution is 2.50. The predicted octanol–water partition coefficient (Wildman–Crippen LogP) is 2.13. The fraction of sp³-hybridized carbons (Fsp3) is 0.500. The molecule has 0 radical (unpaired) electrons. The SMILES string of the molecule is Cc1noc(-c2cccnc2N2C[C@@H]3CCC[C@@]3(C(=O)O)C2)n1. The summed E-state index contributed by atoms with van der Waals surface area (Å²) in [4.78, 5) is 22.7. The summed E-state index contributed by atoms with van der Waals surface area (Å²) in [5.41, 5.74) is 0.119. The number of hydrogen-bond acceptors (Lipinski definition) is 6. The normalized spacial score (nSPS) is 26.5. The summed E-state index contributed by atoms with van der Waals surface area (Å²) in [6.07, 6.45) is 4.41. The third-order valence-corrected chi connectivity index (χ3v) is 5.14. The molecule has 2 atom stereocenters. The molecule has 2 aromatic rings.